The van der Waals surface area contributed by atoms with Crippen molar-refractivity contribution in [2.45, 2.75) is 89.8 Å². The van der Waals surface area contributed by atoms with E-state index in [0.717, 1.165) is 42.5 Å². The monoisotopic (exact) mass is 815 g/mol. The van der Waals surface area contributed by atoms with E-state index in [1.54, 1.807) is 22.9 Å². The quantitative estimate of drug-likeness (QED) is 0.281. The molecule has 0 unspecified atom stereocenters. The minimum absolute atomic E-state index is 0.0304. The molecule has 0 saturated carbocycles. The number of likely N-dealkylation sites (tertiary alicyclic amines) is 2. The van der Waals surface area contributed by atoms with Gasteiger partial charge in [-0.1, -0.05) is 31.2 Å². The Kier molecular flexibility index (Phi) is 13.2. The van der Waals surface area contributed by atoms with Gasteiger partial charge in [-0.3, -0.25) is 23.9 Å². The van der Waals surface area contributed by atoms with Crippen molar-refractivity contribution in [2.24, 2.45) is 7.05 Å². The van der Waals surface area contributed by atoms with Crippen LogP contribution in [0.5, 0.6) is 0 Å². The first-order valence-corrected chi connectivity index (χ1v) is 21.2. The van der Waals surface area contributed by atoms with Crippen molar-refractivity contribution in [1.82, 2.24) is 29.1 Å². The van der Waals surface area contributed by atoms with Gasteiger partial charge in [0.15, 0.2) is 11.7 Å². The molecule has 1 aromatic heterocycles. The molecule has 0 radical (unpaired) electrons. The first-order chi connectivity index (χ1) is 28.5. The number of nitrogens with one attached hydrogen (secondary N) is 1. The fraction of sp³-hybridized carbons (Fsp3) is 0.581. The Morgan fingerprint density at radius 1 is 0.847 bits per heavy atom. The highest BCUT2D eigenvalue weighted by molar-refractivity contribution is 5.91. The summed E-state index contributed by atoms with van der Waals surface area (Å²) in [4.78, 5) is 87.8. The number of aryl methyl sites for hydroxylation is 2. The van der Waals surface area contributed by atoms with E-state index in [2.05, 4.69) is 10.2 Å². The Hall–Kier alpha value is -5.38. The van der Waals surface area contributed by atoms with E-state index in [-0.39, 0.29) is 55.2 Å². The van der Waals surface area contributed by atoms with Crippen LogP contribution in [0.1, 0.15) is 68.6 Å². The van der Waals surface area contributed by atoms with Gasteiger partial charge in [0.1, 0.15) is 0 Å². The van der Waals surface area contributed by atoms with E-state index in [4.69, 9.17) is 13.9 Å². The smallest absolute Gasteiger partial charge is 0.419 e. The third-order valence-corrected chi connectivity index (χ3v) is 12.3. The molecule has 318 valence electrons. The molecule has 5 amide bonds. The lowest BCUT2D eigenvalue weighted by Gasteiger charge is -2.43. The Morgan fingerprint density at radius 3 is 2.27 bits per heavy atom. The molecule has 16 heteroatoms. The van der Waals surface area contributed by atoms with E-state index in [1.807, 2.05) is 54.0 Å². The Balaban J connectivity index is 0.957. The standard InChI is InChI=1S/C43H57N7O9/c1-4-25-57-38(52)10-9-37(51)47-16-12-32(13-17-47)46-21-23-48(24-22-46)40(53)36(28-30-26-29(2)39-35(27-30)58-42(55)45(39)3)59-43(56)49-18-14-33(15-19-49)50-20-11-31-7-5-6-8-34(31)44-41(50)54/h5-8,26-27,32-33,36H,4,9-25,28H2,1-3H3,(H,44,54)/t36-/m1/s1. The average molecular weight is 816 g/mol. The Labute approximate surface area is 344 Å². The van der Waals surface area contributed by atoms with Crippen LogP contribution < -0.4 is 11.1 Å². The lowest BCUT2D eigenvalue weighted by molar-refractivity contribution is -0.146. The predicted octanol–water partition coefficient (Wildman–Crippen LogP) is 3.91. The first-order valence-electron chi connectivity index (χ1n) is 21.2. The van der Waals surface area contributed by atoms with Crippen LogP contribution in [0.25, 0.3) is 11.1 Å². The summed E-state index contributed by atoms with van der Waals surface area (Å²) in [5, 5.41) is 3.04. The number of piperidine rings is 2. The summed E-state index contributed by atoms with van der Waals surface area (Å²) in [6.45, 7) is 8.99. The maximum Gasteiger partial charge on any atom is 0.419 e. The van der Waals surface area contributed by atoms with E-state index in [0.29, 0.717) is 95.0 Å². The third kappa shape index (κ3) is 9.75. The molecule has 2 aromatic carbocycles. The van der Waals surface area contributed by atoms with E-state index < -0.39 is 18.0 Å². The topological polar surface area (TPSA) is 167 Å². The normalized spacial score (nSPS) is 18.9. The van der Waals surface area contributed by atoms with E-state index in [1.165, 1.54) is 4.57 Å². The van der Waals surface area contributed by atoms with Gasteiger partial charge in [0, 0.05) is 96.6 Å². The number of hydrogen-bond acceptors (Lipinski definition) is 10. The maximum absolute atomic E-state index is 14.3. The molecule has 3 fully saturated rings. The van der Waals surface area contributed by atoms with E-state index in [9.17, 15) is 28.8 Å². The number of para-hydroxylation sites is 1. The molecular formula is C43H57N7O9. The van der Waals surface area contributed by atoms with Crippen LogP contribution in [-0.4, -0.2) is 143 Å². The van der Waals surface area contributed by atoms with Gasteiger partial charge in [0.2, 0.25) is 5.91 Å². The molecule has 0 bridgehead atoms. The molecule has 1 N–H and O–H groups in total. The number of urea groups is 1. The Bertz CT molecular complexity index is 2070. The van der Waals surface area contributed by atoms with Gasteiger partial charge in [0.25, 0.3) is 5.91 Å². The molecule has 3 aromatic rings. The molecular weight excluding hydrogens is 759 g/mol. The van der Waals surface area contributed by atoms with Crippen molar-refractivity contribution < 1.29 is 37.9 Å². The Morgan fingerprint density at radius 2 is 1.54 bits per heavy atom. The number of oxazole rings is 1. The predicted molar refractivity (Wildman–Crippen MR) is 219 cm³/mol. The van der Waals surface area contributed by atoms with Crippen molar-refractivity contribution >= 4 is 46.7 Å². The number of nitrogens with zero attached hydrogens (tertiary/aromatic N) is 6. The number of hydrogen-bond donors (Lipinski definition) is 1. The van der Waals surface area contributed by atoms with Gasteiger partial charge in [-0.2, -0.15) is 0 Å². The van der Waals surface area contributed by atoms with Gasteiger partial charge in [0.05, 0.1) is 18.5 Å². The molecule has 0 aliphatic carbocycles. The van der Waals surface area contributed by atoms with Gasteiger partial charge in [-0.15, -0.1) is 0 Å². The zero-order chi connectivity index (χ0) is 41.6. The van der Waals surface area contributed by atoms with Crippen LogP contribution in [0.2, 0.25) is 0 Å². The highest BCUT2D eigenvalue weighted by atomic mass is 16.6. The molecule has 4 aliphatic rings. The van der Waals surface area contributed by atoms with Gasteiger partial charge < -0.3 is 38.8 Å². The first kappa shape index (κ1) is 41.8. The highest BCUT2D eigenvalue weighted by Crippen LogP contribution is 2.27. The zero-order valence-electron chi connectivity index (χ0n) is 34.5. The number of ether oxygens (including phenoxy) is 2. The molecule has 7 rings (SSSR count). The SMILES string of the molecule is CCCOC(=O)CCC(=O)N1CCC(N2CCN(C(=O)[C@@H](Cc3cc(C)c4c(c3)oc(=O)n4C)OC(=O)N3CCC(N4CCc5ccccc5NC4=O)CC3)CC2)CC1. The summed E-state index contributed by atoms with van der Waals surface area (Å²) in [5.74, 6) is -1.13. The number of benzene rings is 2. The van der Waals surface area contributed by atoms with Gasteiger partial charge in [-0.25, -0.2) is 14.4 Å². The van der Waals surface area contributed by atoms with Crippen LogP contribution in [0.3, 0.4) is 0 Å². The number of anilines is 1. The molecule has 1 atom stereocenters. The number of carbonyl (C=O) groups excluding carboxylic acids is 5. The fourth-order valence-corrected chi connectivity index (χ4v) is 9.03. The number of carbonyl (C=O) groups is 5. The summed E-state index contributed by atoms with van der Waals surface area (Å²) in [5.41, 5.74) is 4.52. The molecule has 3 saturated heterocycles. The fourth-order valence-electron chi connectivity index (χ4n) is 9.03. The minimum Gasteiger partial charge on any atom is -0.466 e. The van der Waals surface area contributed by atoms with Crippen molar-refractivity contribution in [3.63, 3.8) is 0 Å². The van der Waals surface area contributed by atoms with Crippen molar-refractivity contribution in [3.8, 4) is 0 Å². The lowest BCUT2D eigenvalue weighted by atomic mass is 10.0. The van der Waals surface area contributed by atoms with Crippen molar-refractivity contribution in [3.05, 3.63) is 63.6 Å². The van der Waals surface area contributed by atoms with E-state index >= 15 is 0 Å². The summed E-state index contributed by atoms with van der Waals surface area (Å²) in [7, 11) is 1.65. The summed E-state index contributed by atoms with van der Waals surface area (Å²) >= 11 is 0. The van der Waals surface area contributed by atoms with Crippen molar-refractivity contribution in [1.29, 1.82) is 0 Å². The molecule has 4 aliphatic heterocycles. The highest BCUT2D eigenvalue weighted by Gasteiger charge is 2.37. The molecule has 5 heterocycles. The van der Waals surface area contributed by atoms with Crippen LogP contribution in [0.4, 0.5) is 15.3 Å². The number of amides is 5. The summed E-state index contributed by atoms with van der Waals surface area (Å²) in [6.07, 6.45) is 2.95. The van der Waals surface area contributed by atoms with Crippen molar-refractivity contribution in [2.75, 3.05) is 70.8 Å². The van der Waals surface area contributed by atoms with Crippen LogP contribution in [0.15, 0.2) is 45.6 Å². The zero-order valence-corrected chi connectivity index (χ0v) is 34.5. The second-order valence-electron chi connectivity index (χ2n) is 16.2. The van der Waals surface area contributed by atoms with Gasteiger partial charge >= 0.3 is 23.8 Å². The number of aromatic nitrogens is 1. The number of esters is 1. The molecule has 59 heavy (non-hydrogen) atoms. The van der Waals surface area contributed by atoms with Crippen LogP contribution in [-0.2, 0) is 43.7 Å². The second-order valence-corrected chi connectivity index (χ2v) is 16.2. The second kappa shape index (κ2) is 18.7. The van der Waals surface area contributed by atoms with Crippen LogP contribution >= 0.6 is 0 Å². The number of fused-ring (bicyclic) bond motifs is 2. The largest absolute Gasteiger partial charge is 0.466 e. The minimum atomic E-state index is -1.11. The summed E-state index contributed by atoms with van der Waals surface area (Å²) in [6, 6.07) is 11.6. The number of rotatable bonds is 11. The molecule has 0 spiro atoms. The lowest BCUT2D eigenvalue weighted by Crippen LogP contribution is -2.57. The van der Waals surface area contributed by atoms with Crippen LogP contribution in [0, 0.1) is 6.92 Å². The molecule has 16 nitrogen and oxygen atoms in total. The number of piperazine rings is 1. The maximum atomic E-state index is 14.3. The third-order valence-electron chi connectivity index (χ3n) is 12.3. The average Bonchev–Trinajstić information content (AvgIpc) is 3.42. The van der Waals surface area contributed by atoms with Gasteiger partial charge in [-0.05, 0) is 74.3 Å². The summed E-state index contributed by atoms with van der Waals surface area (Å²) < 4.78 is 18.2.